The van der Waals surface area contributed by atoms with Crippen molar-refractivity contribution in [3.63, 3.8) is 0 Å². The van der Waals surface area contributed by atoms with Crippen molar-refractivity contribution in [1.82, 2.24) is 5.09 Å². The fraction of sp³-hybridized carbons (Fsp3) is 0.269. The van der Waals surface area contributed by atoms with Crippen LogP contribution < -0.4 is 20.4 Å². The average molecular weight is 433 g/mol. The number of hydrogen-bond donors (Lipinski definition) is 1. The molecule has 0 saturated carbocycles. The molecule has 0 aliphatic rings. The Morgan fingerprint density at radius 1 is 0.903 bits per heavy atom. The second-order valence-electron chi connectivity index (χ2n) is 7.91. The molecule has 0 spiro atoms. The third-order valence-electron chi connectivity index (χ3n) is 5.53. The Hall–Kier alpha value is -2.86. The first-order chi connectivity index (χ1) is 15.0. The van der Waals surface area contributed by atoms with E-state index in [1.54, 1.807) is 7.11 Å². The van der Waals surface area contributed by atoms with Crippen LogP contribution in [-0.4, -0.2) is 13.2 Å². The van der Waals surface area contributed by atoms with Gasteiger partial charge in [-0.05, 0) is 54.4 Å². The molecule has 0 aromatic heterocycles. The minimum absolute atomic E-state index is 0.104. The Morgan fingerprint density at radius 2 is 1.42 bits per heavy atom. The van der Waals surface area contributed by atoms with Crippen molar-refractivity contribution in [3.05, 3.63) is 102 Å². The molecule has 3 aromatic rings. The van der Waals surface area contributed by atoms with E-state index in [0.29, 0.717) is 6.42 Å². The molecule has 31 heavy (non-hydrogen) atoms. The van der Waals surface area contributed by atoms with Gasteiger partial charge in [0.15, 0.2) is 0 Å². The van der Waals surface area contributed by atoms with E-state index in [4.69, 9.17) is 11.3 Å². The first-order valence-electron chi connectivity index (χ1n) is 10.5. The number of nitrogens with zero attached hydrogens (tertiary/aromatic N) is 1. The Bertz CT molecular complexity index is 1000. The highest BCUT2D eigenvalue weighted by Gasteiger charge is 2.34. The van der Waals surface area contributed by atoms with E-state index in [0.717, 1.165) is 21.9 Å². The molecule has 0 bridgehead atoms. The van der Waals surface area contributed by atoms with Gasteiger partial charge in [-0.2, -0.15) is 0 Å². The summed E-state index contributed by atoms with van der Waals surface area (Å²) in [5.74, 6) is 0.965. The summed E-state index contributed by atoms with van der Waals surface area (Å²) >= 11 is 0. The fourth-order valence-electron chi connectivity index (χ4n) is 3.61. The van der Waals surface area contributed by atoms with Crippen molar-refractivity contribution in [2.24, 2.45) is 5.92 Å². The molecule has 2 atom stereocenters. The normalized spacial score (nSPS) is 13.4. The van der Waals surface area contributed by atoms with Gasteiger partial charge < -0.3 is 9.58 Å². The molecule has 0 aliphatic heterocycles. The lowest BCUT2D eigenvalue weighted by atomic mass is 9.94. The third kappa shape index (κ3) is 5.44. The van der Waals surface area contributed by atoms with E-state index in [1.165, 1.54) is 0 Å². The van der Waals surface area contributed by atoms with Crippen molar-refractivity contribution in [2.75, 3.05) is 7.11 Å². The lowest BCUT2D eigenvalue weighted by Gasteiger charge is -2.29. The van der Waals surface area contributed by atoms with Gasteiger partial charge in [-0.15, -0.1) is 0 Å². The first kappa shape index (κ1) is 22.8. The Morgan fingerprint density at radius 3 is 1.84 bits per heavy atom. The van der Waals surface area contributed by atoms with Gasteiger partial charge in [0.25, 0.3) is 0 Å². The zero-order valence-corrected chi connectivity index (χ0v) is 19.1. The maximum absolute atomic E-state index is 14.4. The van der Waals surface area contributed by atoms with Crippen LogP contribution in [0.3, 0.4) is 0 Å². The zero-order chi connectivity index (χ0) is 22.3. The second-order valence-corrected chi connectivity index (χ2v) is 10.4. The Balaban J connectivity index is 1.93. The van der Waals surface area contributed by atoms with Crippen LogP contribution in [-0.2, 0) is 4.57 Å². The van der Waals surface area contributed by atoms with Crippen LogP contribution in [0.2, 0.25) is 0 Å². The van der Waals surface area contributed by atoms with Crippen LogP contribution in [0.15, 0.2) is 84.9 Å². The van der Waals surface area contributed by atoms with Crippen molar-refractivity contribution >= 4 is 17.9 Å². The highest BCUT2D eigenvalue weighted by Crippen LogP contribution is 2.41. The molecular weight excluding hydrogens is 403 g/mol. The van der Waals surface area contributed by atoms with Gasteiger partial charge in [-0.3, -0.25) is 9.65 Å². The van der Waals surface area contributed by atoms with E-state index in [-0.39, 0.29) is 18.0 Å². The van der Waals surface area contributed by atoms with E-state index in [1.807, 2.05) is 84.9 Å². The maximum Gasteiger partial charge on any atom is 0.250 e. The molecule has 1 N–H and O–H groups in total. The van der Waals surface area contributed by atoms with Gasteiger partial charge >= 0.3 is 0 Å². The van der Waals surface area contributed by atoms with Crippen LogP contribution in [0.4, 0.5) is 0 Å². The van der Waals surface area contributed by atoms with E-state index in [2.05, 4.69) is 23.8 Å². The predicted molar refractivity (Wildman–Crippen MR) is 128 cm³/mol. The zero-order valence-electron chi connectivity index (χ0n) is 18.2. The summed E-state index contributed by atoms with van der Waals surface area (Å²) in [6.45, 7) is 12.0. The summed E-state index contributed by atoms with van der Waals surface area (Å²) in [6, 6.07) is 26.4. The second kappa shape index (κ2) is 10.4. The van der Waals surface area contributed by atoms with Crippen molar-refractivity contribution in [3.8, 4) is 5.75 Å². The van der Waals surface area contributed by atoms with Crippen LogP contribution in [0.25, 0.3) is 4.85 Å². The molecule has 5 heteroatoms. The molecule has 0 radical (unpaired) electrons. The number of nitrogens with one attached hydrogen (secondary N) is 1. The van der Waals surface area contributed by atoms with Crippen molar-refractivity contribution < 1.29 is 9.30 Å². The van der Waals surface area contributed by atoms with E-state index >= 15 is 0 Å². The Labute approximate surface area is 185 Å². The van der Waals surface area contributed by atoms with Crippen molar-refractivity contribution in [2.45, 2.75) is 32.4 Å². The predicted octanol–water partition coefficient (Wildman–Crippen LogP) is 5.59. The molecule has 3 aromatic carbocycles. The summed E-state index contributed by atoms with van der Waals surface area (Å²) < 4.78 is 19.7. The largest absolute Gasteiger partial charge is 0.497 e. The molecular formula is C26H29N2O2P. The van der Waals surface area contributed by atoms with Gasteiger partial charge in [0, 0.05) is 28.6 Å². The topological polar surface area (TPSA) is 42.7 Å². The third-order valence-corrected chi connectivity index (χ3v) is 8.27. The summed E-state index contributed by atoms with van der Waals surface area (Å²) in [7, 11) is -1.45. The molecule has 3 rings (SSSR count). The molecule has 0 fully saturated rings. The van der Waals surface area contributed by atoms with E-state index < -0.39 is 7.29 Å². The van der Waals surface area contributed by atoms with Crippen LogP contribution in [0.1, 0.15) is 31.9 Å². The Kier molecular flexibility index (Phi) is 7.69. The SMILES string of the molecule is [C-]#[N+][C@@H](C[C@@H](NP(=O)(c1ccccc1)c1ccccc1)C(C)C)c1ccc(OC)cc1. The number of methoxy groups -OCH3 is 1. The fourth-order valence-corrected chi connectivity index (χ4v) is 6.26. The lowest BCUT2D eigenvalue weighted by molar-refractivity contribution is 0.410. The van der Waals surface area contributed by atoms with Crippen LogP contribution >= 0.6 is 7.29 Å². The standard InChI is InChI=1S/C26H29N2O2P/c1-20(2)25(19-26(27-3)21-15-17-22(30-4)18-16-21)28-31(29,23-11-7-5-8-12-23)24-13-9-6-10-14-24/h5-18,20,25-26H,19H2,1-2,4H3,(H,28,29)/t25-,26+/m1/s1. The quantitative estimate of drug-likeness (QED) is 0.354. The number of ether oxygens (including phenoxy) is 1. The van der Waals surface area contributed by atoms with E-state index in [9.17, 15) is 4.57 Å². The van der Waals surface area contributed by atoms with Gasteiger partial charge in [0.2, 0.25) is 13.3 Å². The van der Waals surface area contributed by atoms with Gasteiger partial charge in [0.05, 0.1) is 7.11 Å². The summed E-state index contributed by atoms with van der Waals surface area (Å²) in [5, 5.41) is 5.05. The minimum Gasteiger partial charge on any atom is -0.497 e. The molecule has 0 heterocycles. The molecule has 0 saturated heterocycles. The molecule has 0 amide bonds. The summed E-state index contributed by atoms with van der Waals surface area (Å²) in [6.07, 6.45) is 0.567. The highest BCUT2D eigenvalue weighted by molar-refractivity contribution is 7.76. The molecule has 0 unspecified atom stereocenters. The van der Waals surface area contributed by atoms with Gasteiger partial charge in [-0.1, -0.05) is 50.2 Å². The van der Waals surface area contributed by atoms with Crippen LogP contribution in [0.5, 0.6) is 5.75 Å². The number of benzene rings is 3. The average Bonchev–Trinajstić information content (AvgIpc) is 2.82. The first-order valence-corrected chi connectivity index (χ1v) is 12.2. The monoisotopic (exact) mass is 432 g/mol. The van der Waals surface area contributed by atoms with Gasteiger partial charge in [-0.25, -0.2) is 6.57 Å². The highest BCUT2D eigenvalue weighted by atomic mass is 31.2. The van der Waals surface area contributed by atoms with Gasteiger partial charge in [0.1, 0.15) is 5.75 Å². The molecule has 4 nitrogen and oxygen atoms in total. The van der Waals surface area contributed by atoms with Crippen LogP contribution in [0, 0.1) is 12.5 Å². The maximum atomic E-state index is 14.4. The van der Waals surface area contributed by atoms with Crippen molar-refractivity contribution in [1.29, 1.82) is 0 Å². The number of hydrogen-bond acceptors (Lipinski definition) is 2. The number of rotatable bonds is 9. The smallest absolute Gasteiger partial charge is 0.250 e. The molecule has 0 aliphatic carbocycles. The lowest BCUT2D eigenvalue weighted by Crippen LogP contribution is -2.39. The minimum atomic E-state index is -3.08. The summed E-state index contributed by atoms with van der Waals surface area (Å²) in [4.78, 5) is 3.89. The molecule has 160 valence electrons. The summed E-state index contributed by atoms with van der Waals surface area (Å²) in [5.41, 5.74) is 0.942.